The molecule has 0 aromatic rings. The number of carbonyl (C=O) groups is 1. The van der Waals surface area contributed by atoms with Crippen LogP contribution < -0.4 is 5.73 Å². The molecule has 0 aromatic heterocycles. The van der Waals surface area contributed by atoms with Gasteiger partial charge >= 0.3 is 0 Å². The van der Waals surface area contributed by atoms with Gasteiger partial charge in [0.2, 0.25) is 15.9 Å². The number of amides is 1. The highest BCUT2D eigenvalue weighted by molar-refractivity contribution is 7.88. The molecule has 2 fully saturated rings. The van der Waals surface area contributed by atoms with Gasteiger partial charge in [-0.25, -0.2) is 12.7 Å². The second-order valence-electron chi connectivity index (χ2n) is 6.02. The van der Waals surface area contributed by atoms with Crippen molar-refractivity contribution in [3.05, 3.63) is 0 Å². The summed E-state index contributed by atoms with van der Waals surface area (Å²) in [5.74, 6) is 0.00699. The van der Waals surface area contributed by atoms with Crippen LogP contribution in [0, 0.1) is 0 Å². The lowest BCUT2D eigenvalue weighted by molar-refractivity contribution is -0.138. The average molecular weight is 303 g/mol. The van der Waals surface area contributed by atoms with Gasteiger partial charge in [-0.15, -0.1) is 0 Å². The van der Waals surface area contributed by atoms with Crippen LogP contribution in [0.5, 0.6) is 0 Å². The van der Waals surface area contributed by atoms with Gasteiger partial charge in [0.1, 0.15) is 0 Å². The quantitative estimate of drug-likeness (QED) is 0.786. The molecule has 6 nitrogen and oxygen atoms in total. The van der Waals surface area contributed by atoms with Gasteiger partial charge in [0.15, 0.2) is 0 Å². The predicted octanol–water partition coefficient (Wildman–Crippen LogP) is 0.142. The van der Waals surface area contributed by atoms with E-state index in [1.165, 1.54) is 10.6 Å². The summed E-state index contributed by atoms with van der Waals surface area (Å²) in [7, 11) is -3.17. The Hall–Kier alpha value is -0.660. The maximum atomic E-state index is 12.6. The number of rotatable bonds is 2. The fourth-order valence-corrected chi connectivity index (χ4v) is 4.01. The standard InChI is InChI=1S/C13H25N3O3S/c1-20(18,19)16-9-5-8-15(10-11-16)12(17)13(14)6-3-2-4-7-13/h2-11,14H2,1H3. The van der Waals surface area contributed by atoms with Crippen molar-refractivity contribution in [3.63, 3.8) is 0 Å². The number of nitrogens with zero attached hydrogens (tertiary/aromatic N) is 2. The molecular formula is C13H25N3O3S. The molecule has 1 aliphatic carbocycles. The van der Waals surface area contributed by atoms with Crippen LogP contribution in [0.1, 0.15) is 38.5 Å². The summed E-state index contributed by atoms with van der Waals surface area (Å²) in [6.45, 7) is 1.91. The van der Waals surface area contributed by atoms with Crippen molar-refractivity contribution in [1.29, 1.82) is 0 Å². The van der Waals surface area contributed by atoms with Crippen molar-refractivity contribution in [2.45, 2.75) is 44.1 Å². The summed E-state index contributed by atoms with van der Waals surface area (Å²) in [5, 5.41) is 0. The molecule has 7 heteroatoms. The van der Waals surface area contributed by atoms with E-state index < -0.39 is 15.6 Å². The lowest BCUT2D eigenvalue weighted by Crippen LogP contribution is -2.56. The molecule has 0 spiro atoms. The molecule has 2 N–H and O–H groups in total. The summed E-state index contributed by atoms with van der Waals surface area (Å²) >= 11 is 0. The molecule has 0 unspecified atom stereocenters. The molecule has 0 atom stereocenters. The van der Waals surface area contributed by atoms with E-state index in [1.54, 1.807) is 4.90 Å². The molecule has 116 valence electrons. The van der Waals surface area contributed by atoms with Crippen LogP contribution in [-0.4, -0.2) is 61.5 Å². The highest BCUT2D eigenvalue weighted by Gasteiger charge is 2.39. The Kier molecular flexibility index (Phi) is 4.71. The van der Waals surface area contributed by atoms with Crippen LogP contribution in [0.3, 0.4) is 0 Å². The van der Waals surface area contributed by atoms with E-state index in [2.05, 4.69) is 0 Å². The maximum Gasteiger partial charge on any atom is 0.242 e. The van der Waals surface area contributed by atoms with Gasteiger partial charge in [0.05, 0.1) is 11.8 Å². The molecule has 1 amide bonds. The van der Waals surface area contributed by atoms with Gasteiger partial charge in [-0.3, -0.25) is 4.79 Å². The smallest absolute Gasteiger partial charge is 0.242 e. The second-order valence-corrected chi connectivity index (χ2v) is 8.01. The van der Waals surface area contributed by atoms with Gasteiger partial charge in [-0.05, 0) is 19.3 Å². The Morgan fingerprint density at radius 3 is 2.25 bits per heavy atom. The largest absolute Gasteiger partial charge is 0.340 e. The Balaban J connectivity index is 2.01. The summed E-state index contributed by atoms with van der Waals surface area (Å²) in [6.07, 6.45) is 6.55. The first-order valence-corrected chi connectivity index (χ1v) is 9.21. The van der Waals surface area contributed by atoms with E-state index in [0.717, 1.165) is 32.1 Å². The number of carbonyl (C=O) groups excluding carboxylic acids is 1. The van der Waals surface area contributed by atoms with Gasteiger partial charge in [0.25, 0.3) is 0 Å². The van der Waals surface area contributed by atoms with E-state index in [1.807, 2.05) is 0 Å². The van der Waals surface area contributed by atoms with Gasteiger partial charge in [-0.1, -0.05) is 19.3 Å². The first-order valence-electron chi connectivity index (χ1n) is 7.36. The Labute approximate surface area is 121 Å². The average Bonchev–Trinajstić information content (AvgIpc) is 2.64. The van der Waals surface area contributed by atoms with Crippen molar-refractivity contribution < 1.29 is 13.2 Å². The Morgan fingerprint density at radius 2 is 1.65 bits per heavy atom. The highest BCUT2D eigenvalue weighted by Crippen LogP contribution is 2.28. The first-order chi connectivity index (χ1) is 9.33. The van der Waals surface area contributed by atoms with Crippen LogP contribution in [0.25, 0.3) is 0 Å². The van der Waals surface area contributed by atoms with Crippen molar-refractivity contribution in [2.75, 3.05) is 32.4 Å². The number of hydrogen-bond acceptors (Lipinski definition) is 4. The van der Waals surface area contributed by atoms with Crippen LogP contribution in [0.15, 0.2) is 0 Å². The van der Waals surface area contributed by atoms with Crippen LogP contribution in [0.4, 0.5) is 0 Å². The third kappa shape index (κ3) is 3.51. The molecular weight excluding hydrogens is 278 g/mol. The SMILES string of the molecule is CS(=O)(=O)N1CCCN(C(=O)C2(N)CCCCC2)CC1. The first kappa shape index (κ1) is 15.7. The zero-order valence-corrected chi connectivity index (χ0v) is 13.0. The van der Waals surface area contributed by atoms with Crippen molar-refractivity contribution in [1.82, 2.24) is 9.21 Å². The molecule has 2 aliphatic rings. The minimum atomic E-state index is -3.17. The van der Waals surface area contributed by atoms with E-state index in [0.29, 0.717) is 32.6 Å². The monoisotopic (exact) mass is 303 g/mol. The predicted molar refractivity (Wildman–Crippen MR) is 77.6 cm³/mol. The van der Waals surface area contributed by atoms with Crippen LogP contribution >= 0.6 is 0 Å². The highest BCUT2D eigenvalue weighted by atomic mass is 32.2. The molecule has 0 radical (unpaired) electrons. The number of nitrogens with two attached hydrogens (primary N) is 1. The van der Waals surface area contributed by atoms with Crippen LogP contribution in [-0.2, 0) is 14.8 Å². The third-order valence-corrected chi connectivity index (χ3v) is 5.69. The van der Waals surface area contributed by atoms with Gasteiger partial charge < -0.3 is 10.6 Å². The molecule has 1 saturated carbocycles. The lowest BCUT2D eigenvalue weighted by atomic mass is 9.81. The lowest BCUT2D eigenvalue weighted by Gasteiger charge is -2.36. The Bertz CT molecular complexity index is 457. The van der Waals surface area contributed by atoms with Crippen molar-refractivity contribution >= 4 is 15.9 Å². The second kappa shape index (κ2) is 5.99. The molecule has 1 aliphatic heterocycles. The van der Waals surface area contributed by atoms with Crippen molar-refractivity contribution in [2.24, 2.45) is 5.73 Å². The normalized spacial score (nSPS) is 25.2. The maximum absolute atomic E-state index is 12.6. The molecule has 20 heavy (non-hydrogen) atoms. The van der Waals surface area contributed by atoms with Crippen LogP contribution in [0.2, 0.25) is 0 Å². The number of hydrogen-bond donors (Lipinski definition) is 1. The van der Waals surface area contributed by atoms with E-state index in [9.17, 15) is 13.2 Å². The van der Waals surface area contributed by atoms with Crippen molar-refractivity contribution in [3.8, 4) is 0 Å². The summed E-state index contributed by atoms with van der Waals surface area (Å²) in [6, 6.07) is 0. The minimum absolute atomic E-state index is 0.00699. The van der Waals surface area contributed by atoms with E-state index >= 15 is 0 Å². The summed E-state index contributed by atoms with van der Waals surface area (Å²) in [5.41, 5.74) is 5.56. The zero-order valence-electron chi connectivity index (χ0n) is 12.2. The molecule has 0 bridgehead atoms. The fraction of sp³-hybridized carbons (Fsp3) is 0.923. The zero-order chi connectivity index (χ0) is 14.8. The Morgan fingerprint density at radius 1 is 1.00 bits per heavy atom. The minimum Gasteiger partial charge on any atom is -0.340 e. The van der Waals surface area contributed by atoms with Gasteiger partial charge in [0, 0.05) is 26.2 Å². The van der Waals surface area contributed by atoms with E-state index in [4.69, 9.17) is 5.73 Å². The third-order valence-electron chi connectivity index (χ3n) is 4.38. The molecule has 1 heterocycles. The van der Waals surface area contributed by atoms with E-state index in [-0.39, 0.29) is 5.91 Å². The fourth-order valence-electron chi connectivity index (χ4n) is 3.14. The summed E-state index contributed by atoms with van der Waals surface area (Å²) < 4.78 is 24.6. The molecule has 0 aromatic carbocycles. The number of sulfonamides is 1. The molecule has 2 rings (SSSR count). The topological polar surface area (TPSA) is 83.7 Å². The summed E-state index contributed by atoms with van der Waals surface area (Å²) in [4.78, 5) is 14.4. The van der Waals surface area contributed by atoms with Gasteiger partial charge in [-0.2, -0.15) is 0 Å². The molecule has 1 saturated heterocycles.